The third-order valence-electron chi connectivity index (χ3n) is 10.6. The molecule has 1 N–H and O–H groups in total. The molecule has 8 unspecified atom stereocenters. The predicted octanol–water partition coefficient (Wildman–Crippen LogP) is 5.75. The zero-order valence-electron chi connectivity index (χ0n) is 17.3. The molecule has 4 rings (SSSR count). The first kappa shape index (κ1) is 17.4. The average Bonchev–Trinajstić information content (AvgIpc) is 3.16. The fraction of sp³-hybridized carbons (Fsp3) is 1.00. The summed E-state index contributed by atoms with van der Waals surface area (Å²) in [4.78, 5) is 0. The maximum absolute atomic E-state index is 3.98. The summed E-state index contributed by atoms with van der Waals surface area (Å²) in [6, 6.07) is 0. The zero-order valence-corrected chi connectivity index (χ0v) is 17.3. The molecule has 1 saturated heterocycles. The van der Waals surface area contributed by atoms with Crippen molar-refractivity contribution in [2.24, 2.45) is 51.2 Å². The van der Waals surface area contributed by atoms with Crippen LogP contribution in [0.3, 0.4) is 0 Å². The lowest BCUT2D eigenvalue weighted by atomic mass is 9.40. The van der Waals surface area contributed by atoms with Crippen LogP contribution in [0.1, 0.15) is 80.6 Å². The Kier molecular flexibility index (Phi) is 3.64. The summed E-state index contributed by atoms with van der Waals surface area (Å²) in [7, 11) is 0. The minimum absolute atomic E-state index is 0.545. The predicted molar refractivity (Wildman–Crippen MR) is 103 cm³/mol. The van der Waals surface area contributed by atoms with Gasteiger partial charge in [0.1, 0.15) is 0 Å². The van der Waals surface area contributed by atoms with Crippen molar-refractivity contribution in [3.8, 4) is 0 Å². The molecule has 1 heteroatoms. The molecule has 1 spiro atoms. The maximum atomic E-state index is 3.98. The summed E-state index contributed by atoms with van der Waals surface area (Å²) in [5.74, 6) is 4.58. The molecule has 0 amide bonds. The Balaban J connectivity index is 1.84. The van der Waals surface area contributed by atoms with E-state index in [1.807, 2.05) is 0 Å². The van der Waals surface area contributed by atoms with E-state index in [-0.39, 0.29) is 0 Å². The SMILES string of the molecule is CCC1(C)C2CNCC(CC(C)C)C34CC3(CC)C(CC)(C1C)C24. The van der Waals surface area contributed by atoms with Gasteiger partial charge >= 0.3 is 0 Å². The molecule has 4 aliphatic rings. The van der Waals surface area contributed by atoms with Crippen molar-refractivity contribution in [2.75, 3.05) is 13.1 Å². The van der Waals surface area contributed by atoms with E-state index in [0.717, 1.165) is 29.6 Å². The molecule has 0 aromatic rings. The van der Waals surface area contributed by atoms with Crippen LogP contribution in [0.15, 0.2) is 0 Å². The molecule has 3 aliphatic carbocycles. The number of hydrogen-bond donors (Lipinski definition) is 1. The topological polar surface area (TPSA) is 12.0 Å². The lowest BCUT2D eigenvalue weighted by Crippen LogP contribution is -2.59. The molecular weight excluding hydrogens is 290 g/mol. The summed E-state index contributed by atoms with van der Waals surface area (Å²) in [6.07, 6.45) is 7.23. The van der Waals surface area contributed by atoms with Crippen molar-refractivity contribution in [3.63, 3.8) is 0 Å². The number of hydrogen-bond acceptors (Lipinski definition) is 1. The summed E-state index contributed by atoms with van der Waals surface area (Å²) >= 11 is 0. The van der Waals surface area contributed by atoms with Gasteiger partial charge in [-0.15, -0.1) is 0 Å². The highest BCUT2D eigenvalue weighted by Crippen LogP contribution is 2.99. The Morgan fingerprint density at radius 2 is 1.75 bits per heavy atom. The molecule has 8 atom stereocenters. The third kappa shape index (κ3) is 1.47. The van der Waals surface area contributed by atoms with Crippen LogP contribution >= 0.6 is 0 Å². The monoisotopic (exact) mass is 331 g/mol. The lowest BCUT2D eigenvalue weighted by molar-refractivity contribution is -0.162. The second-order valence-electron chi connectivity index (χ2n) is 10.7. The van der Waals surface area contributed by atoms with Gasteiger partial charge in [-0.3, -0.25) is 0 Å². The van der Waals surface area contributed by atoms with Crippen LogP contribution in [0.25, 0.3) is 0 Å². The van der Waals surface area contributed by atoms with Gasteiger partial charge in [-0.2, -0.15) is 0 Å². The van der Waals surface area contributed by atoms with Crippen LogP contribution in [0.5, 0.6) is 0 Å². The van der Waals surface area contributed by atoms with Gasteiger partial charge in [0.25, 0.3) is 0 Å². The second-order valence-corrected chi connectivity index (χ2v) is 10.7. The van der Waals surface area contributed by atoms with Gasteiger partial charge < -0.3 is 5.32 Å². The van der Waals surface area contributed by atoms with E-state index in [2.05, 4.69) is 53.8 Å². The van der Waals surface area contributed by atoms with Gasteiger partial charge in [0, 0.05) is 0 Å². The van der Waals surface area contributed by atoms with E-state index in [1.165, 1.54) is 38.8 Å². The smallest absolute Gasteiger partial charge is 0.00120 e. The van der Waals surface area contributed by atoms with Crippen molar-refractivity contribution in [1.82, 2.24) is 5.32 Å². The van der Waals surface area contributed by atoms with Gasteiger partial charge in [0.05, 0.1) is 0 Å². The van der Waals surface area contributed by atoms with Crippen LogP contribution in [0.4, 0.5) is 0 Å². The maximum Gasteiger partial charge on any atom is -0.00120 e. The van der Waals surface area contributed by atoms with Crippen molar-refractivity contribution in [2.45, 2.75) is 80.6 Å². The van der Waals surface area contributed by atoms with E-state index in [0.29, 0.717) is 21.7 Å². The lowest BCUT2D eigenvalue weighted by Gasteiger charge is -2.63. The Morgan fingerprint density at radius 1 is 1.04 bits per heavy atom. The van der Waals surface area contributed by atoms with E-state index >= 15 is 0 Å². The molecule has 3 saturated carbocycles. The molecule has 0 aromatic carbocycles. The molecule has 1 aliphatic heterocycles. The van der Waals surface area contributed by atoms with Crippen LogP contribution < -0.4 is 5.32 Å². The molecule has 4 fully saturated rings. The highest BCUT2D eigenvalue weighted by molar-refractivity contribution is 5.42. The molecule has 1 heterocycles. The molecule has 138 valence electrons. The normalized spacial score (nSPS) is 58.0. The van der Waals surface area contributed by atoms with Crippen molar-refractivity contribution < 1.29 is 0 Å². The minimum atomic E-state index is 0.545. The highest BCUT2D eigenvalue weighted by Gasteiger charge is 2.95. The largest absolute Gasteiger partial charge is 0.316 e. The Bertz CT molecular complexity index is 526. The van der Waals surface area contributed by atoms with Crippen molar-refractivity contribution >= 4 is 0 Å². The minimum Gasteiger partial charge on any atom is -0.316 e. The number of fused-ring (bicyclic) bond motifs is 1. The molecule has 0 radical (unpaired) electrons. The molecule has 0 aromatic heterocycles. The van der Waals surface area contributed by atoms with Crippen LogP contribution in [0, 0.1) is 51.2 Å². The standard InChI is InChI=1S/C23H41N/c1-8-20(7)16(6)22(10-3)19-18(20)13-24-12-17(11-15(4)5)23(19)14-21(22,23)9-2/h15-19,24H,8-14H2,1-7H3. The van der Waals surface area contributed by atoms with Crippen LogP contribution in [0.2, 0.25) is 0 Å². The van der Waals surface area contributed by atoms with Gasteiger partial charge in [-0.05, 0) is 90.0 Å². The first-order chi connectivity index (χ1) is 11.3. The third-order valence-corrected chi connectivity index (χ3v) is 10.6. The molecule has 24 heavy (non-hydrogen) atoms. The van der Waals surface area contributed by atoms with Crippen LogP contribution in [-0.2, 0) is 0 Å². The Hall–Kier alpha value is -0.0400. The van der Waals surface area contributed by atoms with E-state index in [4.69, 9.17) is 0 Å². The van der Waals surface area contributed by atoms with Gasteiger partial charge in [-0.25, -0.2) is 0 Å². The molecule has 0 bridgehead atoms. The molecular formula is C23H41N. The highest BCUT2D eigenvalue weighted by atomic mass is 15.0. The van der Waals surface area contributed by atoms with Crippen molar-refractivity contribution in [3.05, 3.63) is 0 Å². The van der Waals surface area contributed by atoms with E-state index < -0.39 is 0 Å². The van der Waals surface area contributed by atoms with E-state index in [1.54, 1.807) is 6.42 Å². The zero-order chi connectivity index (χ0) is 17.5. The fourth-order valence-corrected chi connectivity index (χ4v) is 9.65. The van der Waals surface area contributed by atoms with Gasteiger partial charge in [0.15, 0.2) is 0 Å². The number of nitrogens with one attached hydrogen (secondary N) is 1. The Morgan fingerprint density at radius 3 is 2.29 bits per heavy atom. The quantitative estimate of drug-likeness (QED) is 0.676. The summed E-state index contributed by atoms with van der Waals surface area (Å²) in [6.45, 7) is 20.3. The van der Waals surface area contributed by atoms with Crippen LogP contribution in [-0.4, -0.2) is 13.1 Å². The summed E-state index contributed by atoms with van der Waals surface area (Å²) in [5, 5.41) is 3.98. The van der Waals surface area contributed by atoms with Gasteiger partial charge in [-0.1, -0.05) is 54.9 Å². The summed E-state index contributed by atoms with van der Waals surface area (Å²) in [5.41, 5.74) is 2.59. The Labute approximate surface area is 150 Å². The fourth-order valence-electron chi connectivity index (χ4n) is 9.65. The first-order valence-electron chi connectivity index (χ1n) is 11.0. The van der Waals surface area contributed by atoms with Gasteiger partial charge in [0.2, 0.25) is 0 Å². The van der Waals surface area contributed by atoms with Crippen molar-refractivity contribution in [1.29, 1.82) is 0 Å². The van der Waals surface area contributed by atoms with E-state index in [9.17, 15) is 0 Å². The summed E-state index contributed by atoms with van der Waals surface area (Å²) < 4.78 is 0. The average molecular weight is 332 g/mol. The molecule has 1 nitrogen and oxygen atoms in total. The second kappa shape index (κ2) is 5.02. The number of rotatable bonds is 5. The first-order valence-corrected chi connectivity index (χ1v) is 11.0.